The number of nitriles is 1. The lowest BCUT2D eigenvalue weighted by atomic mass is 10.0. The maximum Gasteiger partial charge on any atom is 0.251 e. The van der Waals surface area contributed by atoms with Crippen LogP contribution in [0.1, 0.15) is 44.0 Å². The lowest BCUT2D eigenvalue weighted by Crippen LogP contribution is -2.24. The van der Waals surface area contributed by atoms with Crippen molar-refractivity contribution in [1.82, 2.24) is 20.3 Å². The van der Waals surface area contributed by atoms with Crippen LogP contribution in [-0.2, 0) is 13.0 Å². The Labute approximate surface area is 186 Å². The van der Waals surface area contributed by atoms with Crippen LogP contribution < -0.4 is 11.1 Å². The van der Waals surface area contributed by atoms with Crippen molar-refractivity contribution in [3.8, 4) is 6.07 Å². The Bertz CT molecular complexity index is 1350. The fraction of sp³-hybridized carbons (Fsp3) is 0.160. The number of nitrogens with zero attached hydrogens (tertiary/aromatic N) is 4. The molecular weight excluding hydrogens is 400 g/mol. The van der Waals surface area contributed by atoms with Crippen molar-refractivity contribution in [3.63, 3.8) is 0 Å². The molecule has 0 bridgehead atoms. The molecule has 0 saturated heterocycles. The standard InChI is InChI=1S/C25H22N6O/c1-15-8-23(27)31-16(2)22(15)14-30-25(32)20-6-7-28-21(11-20)10-19-5-3-4-18-9-17(12-26)13-29-24(18)19/h3-9,11,13H,10,14H2,1-2H3,(H2,27,31)(H,30,32). The zero-order valence-corrected chi connectivity index (χ0v) is 17.9. The van der Waals surface area contributed by atoms with Gasteiger partial charge in [0.15, 0.2) is 0 Å². The summed E-state index contributed by atoms with van der Waals surface area (Å²) in [7, 11) is 0. The quantitative estimate of drug-likeness (QED) is 0.507. The molecule has 0 aliphatic heterocycles. The van der Waals surface area contributed by atoms with E-state index in [-0.39, 0.29) is 5.91 Å². The van der Waals surface area contributed by atoms with Crippen LogP contribution in [0.3, 0.4) is 0 Å². The third kappa shape index (κ3) is 4.40. The van der Waals surface area contributed by atoms with Crippen LogP contribution in [0.4, 0.5) is 5.82 Å². The zero-order chi connectivity index (χ0) is 22.7. The zero-order valence-electron chi connectivity index (χ0n) is 17.9. The summed E-state index contributed by atoms with van der Waals surface area (Å²) < 4.78 is 0. The fourth-order valence-electron chi connectivity index (χ4n) is 3.76. The number of aryl methyl sites for hydroxylation is 2. The third-order valence-electron chi connectivity index (χ3n) is 5.37. The summed E-state index contributed by atoms with van der Waals surface area (Å²) in [4.78, 5) is 25.9. The van der Waals surface area contributed by atoms with Crippen LogP contribution in [-0.4, -0.2) is 20.9 Å². The average Bonchev–Trinajstić information content (AvgIpc) is 2.78. The second-order valence-corrected chi connectivity index (χ2v) is 7.65. The van der Waals surface area contributed by atoms with Gasteiger partial charge in [0.1, 0.15) is 11.9 Å². The van der Waals surface area contributed by atoms with Gasteiger partial charge in [-0.3, -0.25) is 14.8 Å². The van der Waals surface area contributed by atoms with E-state index >= 15 is 0 Å². The van der Waals surface area contributed by atoms with E-state index in [0.717, 1.165) is 39.0 Å². The van der Waals surface area contributed by atoms with E-state index in [9.17, 15) is 4.79 Å². The Morgan fingerprint density at radius 1 is 1.16 bits per heavy atom. The molecule has 0 aliphatic carbocycles. The number of nitrogen functional groups attached to an aromatic ring is 1. The van der Waals surface area contributed by atoms with Crippen molar-refractivity contribution in [3.05, 3.63) is 94.1 Å². The maximum atomic E-state index is 12.8. The predicted octanol–water partition coefficient (Wildman–Crippen LogP) is 3.62. The molecule has 4 aromatic rings. The number of carbonyl (C=O) groups is 1. The van der Waals surface area contributed by atoms with Crippen molar-refractivity contribution in [2.24, 2.45) is 0 Å². The Morgan fingerprint density at radius 3 is 2.78 bits per heavy atom. The van der Waals surface area contributed by atoms with Gasteiger partial charge in [-0.2, -0.15) is 5.26 Å². The first-order valence-electron chi connectivity index (χ1n) is 10.2. The molecule has 4 rings (SSSR count). The van der Waals surface area contributed by atoms with Gasteiger partial charge in [-0.1, -0.05) is 18.2 Å². The molecule has 0 radical (unpaired) electrons. The molecule has 3 N–H and O–H groups in total. The van der Waals surface area contributed by atoms with Crippen LogP contribution in [0.5, 0.6) is 0 Å². The van der Waals surface area contributed by atoms with Crippen LogP contribution >= 0.6 is 0 Å². The van der Waals surface area contributed by atoms with E-state index in [1.165, 1.54) is 0 Å². The lowest BCUT2D eigenvalue weighted by molar-refractivity contribution is 0.0950. The van der Waals surface area contributed by atoms with Gasteiger partial charge >= 0.3 is 0 Å². The summed E-state index contributed by atoms with van der Waals surface area (Å²) in [5.74, 6) is 0.291. The second kappa shape index (κ2) is 8.82. The second-order valence-electron chi connectivity index (χ2n) is 7.65. The number of para-hydroxylation sites is 1. The number of rotatable bonds is 5. The SMILES string of the molecule is Cc1cc(N)nc(C)c1CNC(=O)c1ccnc(Cc2cccc3cc(C#N)cnc23)c1. The average molecular weight is 422 g/mol. The molecule has 7 heteroatoms. The number of aromatic nitrogens is 3. The van der Waals surface area contributed by atoms with Crippen LogP contribution in [0.2, 0.25) is 0 Å². The minimum atomic E-state index is -0.181. The fourth-order valence-corrected chi connectivity index (χ4v) is 3.76. The molecule has 0 saturated carbocycles. The largest absolute Gasteiger partial charge is 0.384 e. The number of pyridine rings is 3. The summed E-state index contributed by atoms with van der Waals surface area (Å²) in [6, 6.07) is 15.1. The normalized spacial score (nSPS) is 10.7. The maximum absolute atomic E-state index is 12.8. The summed E-state index contributed by atoms with van der Waals surface area (Å²) in [6.45, 7) is 4.21. The Balaban J connectivity index is 1.52. The van der Waals surface area contributed by atoms with Gasteiger partial charge in [0.25, 0.3) is 5.91 Å². The molecule has 3 heterocycles. The van der Waals surface area contributed by atoms with Crippen LogP contribution in [0.25, 0.3) is 10.9 Å². The minimum Gasteiger partial charge on any atom is -0.384 e. The van der Waals surface area contributed by atoms with E-state index in [1.807, 2.05) is 38.1 Å². The number of nitrogens with one attached hydrogen (secondary N) is 1. The van der Waals surface area contributed by atoms with Crippen molar-refractivity contribution < 1.29 is 4.79 Å². The highest BCUT2D eigenvalue weighted by Crippen LogP contribution is 2.20. The third-order valence-corrected chi connectivity index (χ3v) is 5.37. The molecule has 0 spiro atoms. The number of carbonyl (C=O) groups excluding carboxylic acids is 1. The van der Waals surface area contributed by atoms with Gasteiger partial charge in [0.2, 0.25) is 0 Å². The molecule has 0 aliphatic rings. The van der Waals surface area contributed by atoms with Crippen molar-refractivity contribution in [2.45, 2.75) is 26.8 Å². The summed E-state index contributed by atoms with van der Waals surface area (Å²) in [5.41, 5.74) is 12.2. The Morgan fingerprint density at radius 2 is 2.00 bits per heavy atom. The van der Waals surface area contributed by atoms with Gasteiger partial charge in [-0.25, -0.2) is 4.98 Å². The molecule has 0 atom stereocenters. The molecule has 7 nitrogen and oxygen atoms in total. The van der Waals surface area contributed by atoms with E-state index in [0.29, 0.717) is 29.9 Å². The van der Waals surface area contributed by atoms with Gasteiger partial charge < -0.3 is 11.1 Å². The number of anilines is 1. The van der Waals surface area contributed by atoms with Gasteiger partial charge in [-0.15, -0.1) is 0 Å². The number of hydrogen-bond acceptors (Lipinski definition) is 6. The highest BCUT2D eigenvalue weighted by atomic mass is 16.1. The van der Waals surface area contributed by atoms with Gasteiger partial charge in [0.05, 0.1) is 11.1 Å². The first kappa shape index (κ1) is 20.9. The van der Waals surface area contributed by atoms with Crippen molar-refractivity contribution in [1.29, 1.82) is 5.26 Å². The summed E-state index contributed by atoms with van der Waals surface area (Å²) in [6.07, 6.45) is 3.73. The first-order valence-corrected chi connectivity index (χ1v) is 10.2. The lowest BCUT2D eigenvalue weighted by Gasteiger charge is -2.12. The molecule has 1 amide bonds. The smallest absolute Gasteiger partial charge is 0.251 e. The van der Waals surface area contributed by atoms with Crippen molar-refractivity contribution >= 4 is 22.6 Å². The summed E-state index contributed by atoms with van der Waals surface area (Å²) >= 11 is 0. The molecule has 1 aromatic carbocycles. The number of nitrogens with two attached hydrogens (primary N) is 1. The van der Waals surface area contributed by atoms with E-state index < -0.39 is 0 Å². The number of amides is 1. The van der Waals surface area contributed by atoms with Crippen molar-refractivity contribution in [2.75, 3.05) is 5.73 Å². The molecule has 3 aromatic heterocycles. The van der Waals surface area contributed by atoms with E-state index in [2.05, 4.69) is 26.3 Å². The Hall–Kier alpha value is -4.31. The Kier molecular flexibility index (Phi) is 5.77. The summed E-state index contributed by atoms with van der Waals surface area (Å²) in [5, 5.41) is 13.0. The highest BCUT2D eigenvalue weighted by molar-refractivity contribution is 5.94. The minimum absolute atomic E-state index is 0.181. The van der Waals surface area contributed by atoms with Gasteiger partial charge in [0, 0.05) is 47.7 Å². The monoisotopic (exact) mass is 422 g/mol. The van der Waals surface area contributed by atoms with E-state index in [1.54, 1.807) is 30.6 Å². The topological polar surface area (TPSA) is 118 Å². The van der Waals surface area contributed by atoms with Crippen LogP contribution in [0.15, 0.2) is 54.9 Å². The molecule has 0 unspecified atom stereocenters. The number of fused-ring (bicyclic) bond motifs is 1. The predicted molar refractivity (Wildman–Crippen MR) is 123 cm³/mol. The van der Waals surface area contributed by atoms with Gasteiger partial charge in [-0.05, 0) is 54.8 Å². The molecule has 0 fully saturated rings. The molecule has 32 heavy (non-hydrogen) atoms. The molecular formula is C25H22N6O. The number of benzene rings is 1. The number of hydrogen-bond donors (Lipinski definition) is 2. The first-order chi connectivity index (χ1) is 15.4. The van der Waals surface area contributed by atoms with Crippen LogP contribution in [0, 0.1) is 25.2 Å². The molecule has 158 valence electrons. The van der Waals surface area contributed by atoms with E-state index in [4.69, 9.17) is 11.0 Å². The highest BCUT2D eigenvalue weighted by Gasteiger charge is 2.12.